The summed E-state index contributed by atoms with van der Waals surface area (Å²) in [5, 5.41) is 11.2. The molecule has 16 heavy (non-hydrogen) atoms. The average Bonchev–Trinajstić information content (AvgIpc) is 2.96. The van der Waals surface area contributed by atoms with Crippen LogP contribution in [0.3, 0.4) is 0 Å². The molecule has 4 heteroatoms. The lowest BCUT2D eigenvalue weighted by molar-refractivity contribution is 0.0681. The van der Waals surface area contributed by atoms with Crippen LogP contribution in [0.4, 0.5) is 0 Å². The van der Waals surface area contributed by atoms with Gasteiger partial charge in [0.1, 0.15) is 0 Å². The van der Waals surface area contributed by atoms with E-state index in [0.717, 1.165) is 36.2 Å². The number of carbonyl (C=O) groups is 1. The highest BCUT2D eigenvalue weighted by Gasteiger charge is 2.30. The number of carbonyl (C=O) groups excluding carboxylic acids is 1. The van der Waals surface area contributed by atoms with Gasteiger partial charge in [0.25, 0.3) is 5.91 Å². The minimum atomic E-state index is 0.0271. The van der Waals surface area contributed by atoms with Crippen LogP contribution in [0, 0.1) is 0 Å². The van der Waals surface area contributed by atoms with Crippen molar-refractivity contribution in [3.8, 4) is 0 Å². The van der Waals surface area contributed by atoms with Crippen molar-refractivity contribution in [3.05, 3.63) is 21.9 Å². The number of nitrogens with zero attached hydrogens (tertiary/aromatic N) is 1. The van der Waals surface area contributed by atoms with E-state index in [4.69, 9.17) is 0 Å². The summed E-state index contributed by atoms with van der Waals surface area (Å²) >= 11 is 1.51. The van der Waals surface area contributed by atoms with E-state index >= 15 is 0 Å². The highest BCUT2D eigenvalue weighted by Crippen LogP contribution is 2.24. The van der Waals surface area contributed by atoms with Crippen molar-refractivity contribution >= 4 is 17.2 Å². The fourth-order valence-electron chi connectivity index (χ4n) is 2.23. The zero-order valence-electron chi connectivity index (χ0n) is 9.48. The van der Waals surface area contributed by atoms with E-state index in [1.54, 1.807) is 0 Å². The second-order valence-corrected chi connectivity index (χ2v) is 5.02. The number of hydrogen-bond donors (Lipinski definition) is 1. The maximum atomic E-state index is 12.3. The van der Waals surface area contributed by atoms with Gasteiger partial charge in [0.2, 0.25) is 0 Å². The Morgan fingerprint density at radius 3 is 3.19 bits per heavy atom. The first-order valence-corrected chi connectivity index (χ1v) is 6.64. The molecule has 1 aromatic rings. The lowest BCUT2D eigenvalue weighted by atomic mass is 10.2. The number of amides is 1. The first-order valence-electron chi connectivity index (χ1n) is 5.76. The van der Waals surface area contributed by atoms with Gasteiger partial charge in [-0.1, -0.05) is 6.92 Å². The summed E-state index contributed by atoms with van der Waals surface area (Å²) in [5.41, 5.74) is 1.12. The summed E-state index contributed by atoms with van der Waals surface area (Å²) in [4.78, 5) is 15.0. The Labute approximate surface area is 99.7 Å². The monoisotopic (exact) mass is 239 g/mol. The van der Waals surface area contributed by atoms with Crippen molar-refractivity contribution in [2.75, 3.05) is 13.2 Å². The fourth-order valence-corrected chi connectivity index (χ4v) is 3.18. The van der Waals surface area contributed by atoms with Crippen LogP contribution in [-0.4, -0.2) is 35.1 Å². The van der Waals surface area contributed by atoms with Gasteiger partial charge in [-0.15, -0.1) is 11.3 Å². The molecule has 0 bridgehead atoms. The maximum Gasteiger partial charge on any atom is 0.264 e. The number of aliphatic hydroxyl groups is 1. The minimum absolute atomic E-state index is 0.0271. The number of hydrogen-bond acceptors (Lipinski definition) is 3. The molecule has 88 valence electrons. The molecule has 1 aliphatic heterocycles. The number of rotatable bonds is 3. The van der Waals surface area contributed by atoms with E-state index in [9.17, 15) is 9.90 Å². The summed E-state index contributed by atoms with van der Waals surface area (Å²) in [5.74, 6) is 0.100. The molecule has 1 aliphatic rings. The van der Waals surface area contributed by atoms with Crippen LogP contribution in [0.2, 0.25) is 0 Å². The van der Waals surface area contributed by atoms with Gasteiger partial charge in [-0.05, 0) is 36.3 Å². The smallest absolute Gasteiger partial charge is 0.264 e. The van der Waals surface area contributed by atoms with Gasteiger partial charge in [0, 0.05) is 6.54 Å². The van der Waals surface area contributed by atoms with Crippen molar-refractivity contribution < 1.29 is 9.90 Å². The van der Waals surface area contributed by atoms with Gasteiger partial charge in [0.05, 0.1) is 17.5 Å². The molecule has 0 saturated carbocycles. The summed E-state index contributed by atoms with van der Waals surface area (Å²) in [6.45, 7) is 2.93. The highest BCUT2D eigenvalue weighted by molar-refractivity contribution is 7.12. The largest absolute Gasteiger partial charge is 0.394 e. The van der Waals surface area contributed by atoms with Gasteiger partial charge in [-0.3, -0.25) is 4.79 Å². The molecular weight excluding hydrogens is 222 g/mol. The third-order valence-electron chi connectivity index (χ3n) is 3.17. The Morgan fingerprint density at radius 2 is 2.50 bits per heavy atom. The molecule has 1 aromatic heterocycles. The molecule has 1 N–H and O–H groups in total. The van der Waals surface area contributed by atoms with Crippen molar-refractivity contribution in [3.63, 3.8) is 0 Å². The maximum absolute atomic E-state index is 12.3. The second kappa shape index (κ2) is 4.97. The molecule has 1 unspecified atom stereocenters. The van der Waals surface area contributed by atoms with E-state index in [2.05, 4.69) is 6.92 Å². The lowest BCUT2D eigenvalue weighted by Crippen LogP contribution is -2.37. The minimum Gasteiger partial charge on any atom is -0.394 e. The lowest BCUT2D eigenvalue weighted by Gasteiger charge is -2.22. The van der Waals surface area contributed by atoms with Crippen LogP contribution in [0.1, 0.15) is 35.0 Å². The number of aliphatic hydroxyl groups excluding tert-OH is 1. The second-order valence-electron chi connectivity index (χ2n) is 4.11. The summed E-state index contributed by atoms with van der Waals surface area (Å²) in [7, 11) is 0. The number of likely N-dealkylation sites (tertiary alicyclic amines) is 1. The Kier molecular flexibility index (Phi) is 3.61. The predicted octanol–water partition coefficient (Wildman–Crippen LogP) is 1.91. The average molecular weight is 239 g/mol. The summed E-state index contributed by atoms with van der Waals surface area (Å²) in [6, 6.07) is 2.04. The van der Waals surface area contributed by atoms with Gasteiger partial charge in [-0.2, -0.15) is 0 Å². The van der Waals surface area contributed by atoms with Crippen LogP contribution in [-0.2, 0) is 6.42 Å². The molecule has 0 aromatic carbocycles. The zero-order chi connectivity index (χ0) is 11.5. The quantitative estimate of drug-likeness (QED) is 0.875. The first-order chi connectivity index (χ1) is 7.77. The molecule has 1 amide bonds. The molecule has 0 aliphatic carbocycles. The Balaban J connectivity index is 2.18. The van der Waals surface area contributed by atoms with E-state index in [1.165, 1.54) is 11.3 Å². The van der Waals surface area contributed by atoms with Crippen LogP contribution in [0.15, 0.2) is 11.4 Å². The molecule has 1 fully saturated rings. The fraction of sp³-hybridized carbons (Fsp3) is 0.583. The molecule has 1 saturated heterocycles. The number of aryl methyl sites for hydroxylation is 1. The van der Waals surface area contributed by atoms with Crippen LogP contribution in [0.25, 0.3) is 0 Å². The van der Waals surface area contributed by atoms with Crippen LogP contribution >= 0.6 is 11.3 Å². The van der Waals surface area contributed by atoms with Crippen molar-refractivity contribution in [1.82, 2.24) is 4.90 Å². The SMILES string of the molecule is CCc1ccsc1C(=O)N1CCCC1CO. The Morgan fingerprint density at radius 1 is 1.69 bits per heavy atom. The Bertz CT molecular complexity index is 375. The molecule has 3 nitrogen and oxygen atoms in total. The third-order valence-corrected chi connectivity index (χ3v) is 4.12. The Hall–Kier alpha value is -0.870. The standard InChI is InChI=1S/C12H17NO2S/c1-2-9-5-7-16-11(9)12(15)13-6-3-4-10(13)8-14/h5,7,10,14H,2-4,6,8H2,1H3. The molecule has 0 radical (unpaired) electrons. The normalized spacial score (nSPS) is 20.4. The topological polar surface area (TPSA) is 40.5 Å². The predicted molar refractivity (Wildman–Crippen MR) is 64.8 cm³/mol. The third kappa shape index (κ3) is 1.99. The molecule has 2 rings (SSSR count). The van der Waals surface area contributed by atoms with Gasteiger partial charge in [0.15, 0.2) is 0 Å². The van der Waals surface area contributed by atoms with E-state index in [1.807, 2.05) is 16.3 Å². The molecular formula is C12H17NO2S. The van der Waals surface area contributed by atoms with Crippen molar-refractivity contribution in [2.45, 2.75) is 32.2 Å². The van der Waals surface area contributed by atoms with E-state index in [0.29, 0.717) is 0 Å². The first kappa shape index (κ1) is 11.6. The highest BCUT2D eigenvalue weighted by atomic mass is 32.1. The zero-order valence-corrected chi connectivity index (χ0v) is 10.3. The van der Waals surface area contributed by atoms with Crippen LogP contribution < -0.4 is 0 Å². The summed E-state index contributed by atoms with van der Waals surface area (Å²) in [6.07, 6.45) is 2.82. The van der Waals surface area contributed by atoms with E-state index in [-0.39, 0.29) is 18.6 Å². The van der Waals surface area contributed by atoms with Crippen molar-refractivity contribution in [2.24, 2.45) is 0 Å². The van der Waals surface area contributed by atoms with Crippen LogP contribution in [0.5, 0.6) is 0 Å². The molecule has 1 atom stereocenters. The van der Waals surface area contributed by atoms with E-state index < -0.39 is 0 Å². The van der Waals surface area contributed by atoms with Gasteiger partial charge in [-0.25, -0.2) is 0 Å². The van der Waals surface area contributed by atoms with Gasteiger partial charge >= 0.3 is 0 Å². The molecule has 0 spiro atoms. The summed E-state index contributed by atoms with van der Waals surface area (Å²) < 4.78 is 0. The van der Waals surface area contributed by atoms with Crippen molar-refractivity contribution in [1.29, 1.82) is 0 Å². The molecule has 2 heterocycles. The number of thiophene rings is 1. The van der Waals surface area contributed by atoms with Gasteiger partial charge < -0.3 is 10.0 Å².